The second-order valence-electron chi connectivity index (χ2n) is 3.38. The lowest BCUT2D eigenvalue weighted by Crippen LogP contribution is -2.23. The number of halogens is 1. The molecule has 1 heterocycles. The van der Waals surface area contributed by atoms with E-state index in [2.05, 4.69) is 10.3 Å². The topological polar surface area (TPSA) is 117 Å². The van der Waals surface area contributed by atoms with E-state index in [1.807, 2.05) is 0 Å². The van der Waals surface area contributed by atoms with Crippen molar-refractivity contribution in [3.63, 3.8) is 0 Å². The Labute approximate surface area is 100 Å². The molecular formula is C10H8FN5O2. The highest BCUT2D eigenvalue weighted by atomic mass is 19.1. The van der Waals surface area contributed by atoms with E-state index in [-0.39, 0.29) is 11.4 Å². The van der Waals surface area contributed by atoms with Crippen LogP contribution in [0.5, 0.6) is 0 Å². The zero-order valence-corrected chi connectivity index (χ0v) is 9.00. The maximum atomic E-state index is 13.6. The van der Waals surface area contributed by atoms with Gasteiger partial charge in [-0.3, -0.25) is 9.59 Å². The largest absolute Gasteiger partial charge is 0.364 e. The number of carbonyl (C=O) groups excluding carboxylic acids is 2. The Morgan fingerprint density at radius 2 is 1.83 bits per heavy atom. The normalized spacial score (nSPS) is 10.3. The molecule has 0 unspecified atom stereocenters. The van der Waals surface area contributed by atoms with Crippen LogP contribution in [0.25, 0.3) is 5.69 Å². The number of hydrogen-bond acceptors (Lipinski definition) is 4. The van der Waals surface area contributed by atoms with Crippen LogP contribution in [0.2, 0.25) is 0 Å². The van der Waals surface area contributed by atoms with E-state index in [0.717, 1.165) is 4.68 Å². The number of benzene rings is 1. The third-order valence-electron chi connectivity index (χ3n) is 2.22. The van der Waals surface area contributed by atoms with Gasteiger partial charge in [-0.05, 0) is 12.1 Å². The van der Waals surface area contributed by atoms with Crippen LogP contribution in [0.4, 0.5) is 4.39 Å². The van der Waals surface area contributed by atoms with Crippen molar-refractivity contribution in [3.8, 4) is 5.69 Å². The van der Waals surface area contributed by atoms with Gasteiger partial charge in [-0.2, -0.15) is 0 Å². The molecule has 0 fully saturated rings. The molecule has 2 amide bonds. The van der Waals surface area contributed by atoms with Crippen LogP contribution in [-0.4, -0.2) is 26.8 Å². The summed E-state index contributed by atoms with van der Waals surface area (Å²) in [6, 6.07) is 5.54. The standard InChI is InChI=1S/C10H8FN5O2/c11-5-3-1-2-4-6(5)16-8(10(13)18)7(9(12)17)14-15-16/h1-4H,(H2,12,17)(H2,13,18). The Hall–Kier alpha value is -2.77. The maximum Gasteiger partial charge on any atom is 0.271 e. The Morgan fingerprint density at radius 3 is 2.39 bits per heavy atom. The van der Waals surface area contributed by atoms with Crippen molar-refractivity contribution in [1.82, 2.24) is 15.0 Å². The van der Waals surface area contributed by atoms with E-state index in [4.69, 9.17) is 11.5 Å². The van der Waals surface area contributed by atoms with Gasteiger partial charge in [0, 0.05) is 0 Å². The summed E-state index contributed by atoms with van der Waals surface area (Å²) in [6.45, 7) is 0. The van der Waals surface area contributed by atoms with Crippen molar-refractivity contribution in [2.75, 3.05) is 0 Å². The zero-order chi connectivity index (χ0) is 13.3. The molecule has 0 spiro atoms. The van der Waals surface area contributed by atoms with Gasteiger partial charge in [0.05, 0.1) is 0 Å². The number of carbonyl (C=O) groups is 2. The monoisotopic (exact) mass is 249 g/mol. The second kappa shape index (κ2) is 4.24. The van der Waals surface area contributed by atoms with Crippen molar-refractivity contribution in [3.05, 3.63) is 41.5 Å². The van der Waals surface area contributed by atoms with Crippen molar-refractivity contribution in [1.29, 1.82) is 0 Å². The van der Waals surface area contributed by atoms with Gasteiger partial charge >= 0.3 is 0 Å². The first-order chi connectivity index (χ1) is 8.52. The fourth-order valence-corrected chi connectivity index (χ4v) is 1.46. The molecule has 0 atom stereocenters. The lowest BCUT2D eigenvalue weighted by molar-refractivity contribution is 0.0960. The molecule has 0 bridgehead atoms. The summed E-state index contributed by atoms with van der Waals surface area (Å²) < 4.78 is 14.4. The molecule has 0 aliphatic heterocycles. The summed E-state index contributed by atoms with van der Waals surface area (Å²) in [5.41, 5.74) is 9.34. The molecule has 2 aromatic rings. The van der Waals surface area contributed by atoms with E-state index in [0.29, 0.717) is 0 Å². The van der Waals surface area contributed by atoms with E-state index in [1.54, 1.807) is 0 Å². The molecule has 0 saturated heterocycles. The average Bonchev–Trinajstić information content (AvgIpc) is 2.74. The van der Waals surface area contributed by atoms with E-state index in [1.165, 1.54) is 24.3 Å². The summed E-state index contributed by atoms with van der Waals surface area (Å²) in [5, 5.41) is 6.94. The minimum Gasteiger partial charge on any atom is -0.364 e. The molecule has 2 rings (SSSR count). The molecule has 1 aromatic heterocycles. The zero-order valence-electron chi connectivity index (χ0n) is 9.00. The van der Waals surface area contributed by atoms with Gasteiger partial charge in [0.25, 0.3) is 11.8 Å². The molecule has 7 nitrogen and oxygen atoms in total. The first kappa shape index (κ1) is 11.7. The summed E-state index contributed by atoms with van der Waals surface area (Å²) in [6.07, 6.45) is 0. The second-order valence-corrected chi connectivity index (χ2v) is 3.38. The highest BCUT2D eigenvalue weighted by Crippen LogP contribution is 2.15. The number of nitrogens with two attached hydrogens (primary N) is 2. The first-order valence-electron chi connectivity index (χ1n) is 4.82. The van der Waals surface area contributed by atoms with Crippen molar-refractivity contribution >= 4 is 11.8 Å². The molecule has 0 radical (unpaired) electrons. The molecule has 0 aliphatic rings. The van der Waals surface area contributed by atoms with Crippen LogP contribution in [-0.2, 0) is 0 Å². The highest BCUT2D eigenvalue weighted by Gasteiger charge is 2.23. The Bertz CT molecular complexity index is 637. The lowest BCUT2D eigenvalue weighted by Gasteiger charge is -2.04. The average molecular weight is 249 g/mol. The third-order valence-corrected chi connectivity index (χ3v) is 2.22. The SMILES string of the molecule is NC(=O)c1nnn(-c2ccccc2F)c1C(N)=O. The molecular weight excluding hydrogens is 241 g/mol. The van der Waals surface area contributed by atoms with Crippen LogP contribution in [0.15, 0.2) is 24.3 Å². The first-order valence-corrected chi connectivity index (χ1v) is 4.82. The molecule has 8 heteroatoms. The molecule has 92 valence electrons. The van der Waals surface area contributed by atoms with E-state index < -0.39 is 23.3 Å². The molecule has 4 N–H and O–H groups in total. The van der Waals surface area contributed by atoms with Gasteiger partial charge in [0.15, 0.2) is 11.4 Å². The van der Waals surface area contributed by atoms with E-state index in [9.17, 15) is 14.0 Å². The predicted molar refractivity (Wildman–Crippen MR) is 58.4 cm³/mol. The number of nitrogens with zero attached hydrogens (tertiary/aromatic N) is 3. The summed E-state index contributed by atoms with van der Waals surface area (Å²) in [5.74, 6) is -2.58. The van der Waals surface area contributed by atoms with Gasteiger partial charge in [-0.25, -0.2) is 9.07 Å². The Kier molecular flexibility index (Phi) is 2.76. The number of amides is 2. The minimum absolute atomic E-state index is 0.0497. The number of rotatable bonds is 3. The van der Waals surface area contributed by atoms with E-state index >= 15 is 0 Å². The van der Waals surface area contributed by atoms with Gasteiger partial charge in [-0.1, -0.05) is 17.3 Å². The van der Waals surface area contributed by atoms with Gasteiger partial charge < -0.3 is 11.5 Å². The summed E-state index contributed by atoms with van der Waals surface area (Å²) >= 11 is 0. The summed E-state index contributed by atoms with van der Waals surface area (Å²) in [7, 11) is 0. The molecule has 0 saturated carbocycles. The molecule has 1 aromatic carbocycles. The lowest BCUT2D eigenvalue weighted by atomic mass is 10.2. The van der Waals surface area contributed by atoms with Crippen molar-refractivity contribution < 1.29 is 14.0 Å². The van der Waals surface area contributed by atoms with Gasteiger partial charge in [0.2, 0.25) is 0 Å². The van der Waals surface area contributed by atoms with Crippen LogP contribution in [0.1, 0.15) is 21.0 Å². The van der Waals surface area contributed by atoms with Crippen molar-refractivity contribution in [2.45, 2.75) is 0 Å². The quantitative estimate of drug-likeness (QED) is 0.769. The Morgan fingerprint density at radius 1 is 1.17 bits per heavy atom. The fraction of sp³-hybridized carbons (Fsp3) is 0. The fourth-order valence-electron chi connectivity index (χ4n) is 1.46. The maximum absolute atomic E-state index is 13.6. The number of aromatic nitrogens is 3. The van der Waals surface area contributed by atoms with Gasteiger partial charge in [0.1, 0.15) is 11.5 Å². The third kappa shape index (κ3) is 1.79. The van der Waals surface area contributed by atoms with Crippen LogP contribution in [0, 0.1) is 5.82 Å². The van der Waals surface area contributed by atoms with Crippen molar-refractivity contribution in [2.24, 2.45) is 11.5 Å². The van der Waals surface area contributed by atoms with Crippen LogP contribution < -0.4 is 11.5 Å². The summed E-state index contributed by atoms with van der Waals surface area (Å²) in [4.78, 5) is 22.3. The molecule has 0 aliphatic carbocycles. The highest BCUT2D eigenvalue weighted by molar-refractivity contribution is 6.03. The number of primary amides is 2. The predicted octanol–water partition coefficient (Wildman–Crippen LogP) is -0.396. The minimum atomic E-state index is -0.975. The molecule has 18 heavy (non-hydrogen) atoms. The van der Waals surface area contributed by atoms with Crippen LogP contribution >= 0.6 is 0 Å². The van der Waals surface area contributed by atoms with Crippen LogP contribution in [0.3, 0.4) is 0 Å². The number of hydrogen-bond donors (Lipinski definition) is 2. The smallest absolute Gasteiger partial charge is 0.271 e. The number of para-hydroxylation sites is 1. The Balaban J connectivity index is 2.70. The van der Waals surface area contributed by atoms with Gasteiger partial charge in [-0.15, -0.1) is 5.10 Å².